The molecule has 5 nitrogen and oxygen atoms in total. The highest BCUT2D eigenvalue weighted by Crippen LogP contribution is 2.26. The van der Waals surface area contributed by atoms with Crippen molar-refractivity contribution in [2.24, 2.45) is 0 Å². The molecule has 28 heavy (non-hydrogen) atoms. The Hall–Kier alpha value is -3.34. The van der Waals surface area contributed by atoms with Crippen molar-refractivity contribution in [1.82, 2.24) is 4.98 Å². The molecule has 0 radical (unpaired) electrons. The predicted molar refractivity (Wildman–Crippen MR) is 111 cm³/mol. The molecule has 0 saturated carbocycles. The van der Waals surface area contributed by atoms with Gasteiger partial charge in [0.2, 0.25) is 0 Å². The van der Waals surface area contributed by atoms with Gasteiger partial charge in [-0.05, 0) is 48.7 Å². The number of hydrogen-bond donors (Lipinski definition) is 1. The fourth-order valence-corrected chi connectivity index (χ4v) is 3.46. The summed E-state index contributed by atoms with van der Waals surface area (Å²) < 4.78 is 5.56. The average molecular weight is 373 g/mol. The van der Waals surface area contributed by atoms with E-state index in [-0.39, 0.29) is 5.91 Å². The highest BCUT2D eigenvalue weighted by Gasteiger charge is 2.17. The predicted octanol–water partition coefficient (Wildman–Crippen LogP) is 4.30. The van der Waals surface area contributed by atoms with Gasteiger partial charge in [0.25, 0.3) is 5.91 Å². The SMILES string of the molecule is CCOc1ccccc1NC(=O)c1ccc(N2CCc3ccccc3C2)cn1. The molecule has 1 amide bonds. The first-order chi connectivity index (χ1) is 13.7. The molecule has 1 aliphatic heterocycles. The highest BCUT2D eigenvalue weighted by molar-refractivity contribution is 6.03. The third-order valence-electron chi connectivity index (χ3n) is 4.91. The fourth-order valence-electron chi connectivity index (χ4n) is 3.46. The van der Waals surface area contributed by atoms with Gasteiger partial charge in [-0.15, -0.1) is 0 Å². The Bertz CT molecular complexity index is 970. The van der Waals surface area contributed by atoms with Crippen LogP contribution in [0, 0.1) is 0 Å². The third-order valence-corrected chi connectivity index (χ3v) is 4.91. The van der Waals surface area contributed by atoms with Crippen molar-refractivity contribution in [2.45, 2.75) is 19.9 Å². The number of amides is 1. The van der Waals surface area contributed by atoms with Gasteiger partial charge < -0.3 is 15.0 Å². The number of anilines is 2. The fraction of sp³-hybridized carbons (Fsp3) is 0.217. The van der Waals surface area contributed by atoms with Crippen molar-refractivity contribution >= 4 is 17.3 Å². The molecule has 1 aliphatic rings. The van der Waals surface area contributed by atoms with E-state index in [4.69, 9.17) is 4.74 Å². The van der Waals surface area contributed by atoms with E-state index in [1.165, 1.54) is 11.1 Å². The Morgan fingerprint density at radius 2 is 1.86 bits per heavy atom. The summed E-state index contributed by atoms with van der Waals surface area (Å²) in [6.45, 7) is 4.27. The van der Waals surface area contributed by atoms with Crippen molar-refractivity contribution in [3.63, 3.8) is 0 Å². The molecular weight excluding hydrogens is 350 g/mol. The van der Waals surface area contributed by atoms with Crippen molar-refractivity contribution in [2.75, 3.05) is 23.4 Å². The summed E-state index contributed by atoms with van der Waals surface area (Å²) in [6.07, 6.45) is 2.80. The van der Waals surface area contributed by atoms with Gasteiger partial charge in [0.1, 0.15) is 11.4 Å². The Kier molecular flexibility index (Phi) is 5.24. The van der Waals surface area contributed by atoms with Gasteiger partial charge in [-0.25, -0.2) is 4.98 Å². The van der Waals surface area contributed by atoms with Gasteiger partial charge in [-0.2, -0.15) is 0 Å². The number of nitrogens with zero attached hydrogens (tertiary/aromatic N) is 2. The van der Waals surface area contributed by atoms with Gasteiger partial charge in [0.15, 0.2) is 0 Å². The number of para-hydroxylation sites is 2. The molecule has 1 N–H and O–H groups in total. The zero-order valence-electron chi connectivity index (χ0n) is 15.9. The molecule has 0 fully saturated rings. The topological polar surface area (TPSA) is 54.5 Å². The third kappa shape index (κ3) is 3.83. The second-order valence-corrected chi connectivity index (χ2v) is 6.73. The largest absolute Gasteiger partial charge is 0.492 e. The van der Waals surface area contributed by atoms with Crippen molar-refractivity contribution in [3.8, 4) is 5.75 Å². The molecule has 2 heterocycles. The Morgan fingerprint density at radius 1 is 1.07 bits per heavy atom. The molecule has 2 aromatic carbocycles. The lowest BCUT2D eigenvalue weighted by Crippen LogP contribution is -2.30. The number of nitrogens with one attached hydrogen (secondary N) is 1. The summed E-state index contributed by atoms with van der Waals surface area (Å²) in [4.78, 5) is 19.3. The van der Waals surface area contributed by atoms with E-state index in [2.05, 4.69) is 39.5 Å². The molecule has 0 atom stereocenters. The average Bonchev–Trinajstić information content (AvgIpc) is 2.75. The molecule has 142 valence electrons. The number of rotatable bonds is 5. The van der Waals surface area contributed by atoms with E-state index in [1.54, 1.807) is 12.3 Å². The van der Waals surface area contributed by atoms with Gasteiger partial charge >= 0.3 is 0 Å². The molecule has 3 aromatic rings. The second kappa shape index (κ2) is 8.13. The minimum atomic E-state index is -0.248. The lowest BCUT2D eigenvalue weighted by molar-refractivity contribution is 0.102. The number of benzene rings is 2. The van der Waals surface area contributed by atoms with Crippen LogP contribution in [-0.4, -0.2) is 24.0 Å². The molecular formula is C23H23N3O2. The first-order valence-corrected chi connectivity index (χ1v) is 9.55. The summed E-state index contributed by atoms with van der Waals surface area (Å²) in [5, 5.41) is 2.88. The van der Waals surface area contributed by atoms with Gasteiger partial charge in [0, 0.05) is 13.1 Å². The zero-order chi connectivity index (χ0) is 19.3. The van der Waals surface area contributed by atoms with Crippen LogP contribution in [-0.2, 0) is 13.0 Å². The van der Waals surface area contributed by atoms with Crippen LogP contribution in [0.4, 0.5) is 11.4 Å². The van der Waals surface area contributed by atoms with Gasteiger partial charge in [-0.3, -0.25) is 4.79 Å². The Balaban J connectivity index is 1.46. The molecule has 4 rings (SSSR count). The molecule has 0 spiro atoms. The summed E-state index contributed by atoms with van der Waals surface area (Å²) in [5.74, 6) is 0.407. The Morgan fingerprint density at radius 3 is 2.64 bits per heavy atom. The maximum atomic E-state index is 12.6. The van der Waals surface area contributed by atoms with Crippen LogP contribution in [0.15, 0.2) is 66.9 Å². The van der Waals surface area contributed by atoms with Crippen LogP contribution in [0.2, 0.25) is 0 Å². The van der Waals surface area contributed by atoms with E-state index in [0.717, 1.165) is 25.2 Å². The van der Waals surface area contributed by atoms with Crippen LogP contribution in [0.25, 0.3) is 0 Å². The monoisotopic (exact) mass is 373 g/mol. The van der Waals surface area contributed by atoms with Crippen LogP contribution >= 0.6 is 0 Å². The Labute approximate surface area is 165 Å². The smallest absolute Gasteiger partial charge is 0.274 e. The second-order valence-electron chi connectivity index (χ2n) is 6.73. The maximum absolute atomic E-state index is 12.6. The lowest BCUT2D eigenvalue weighted by Gasteiger charge is -2.30. The molecule has 5 heteroatoms. The molecule has 0 aliphatic carbocycles. The number of ether oxygens (including phenoxy) is 1. The molecule has 0 bridgehead atoms. The van der Waals surface area contributed by atoms with Crippen LogP contribution < -0.4 is 15.0 Å². The summed E-state index contributed by atoms with van der Waals surface area (Å²) in [5.41, 5.74) is 4.82. The van der Waals surface area contributed by atoms with Crippen LogP contribution in [0.1, 0.15) is 28.5 Å². The first-order valence-electron chi connectivity index (χ1n) is 9.55. The van der Waals surface area contributed by atoms with Crippen molar-refractivity contribution in [3.05, 3.63) is 83.7 Å². The molecule has 0 unspecified atom stereocenters. The lowest BCUT2D eigenvalue weighted by atomic mass is 10.00. The highest BCUT2D eigenvalue weighted by atomic mass is 16.5. The summed E-state index contributed by atoms with van der Waals surface area (Å²) in [7, 11) is 0. The van der Waals surface area contributed by atoms with Crippen molar-refractivity contribution in [1.29, 1.82) is 0 Å². The van der Waals surface area contributed by atoms with E-state index in [1.807, 2.05) is 37.3 Å². The standard InChI is InChI=1S/C23H23N3O2/c1-2-28-22-10-6-5-9-20(22)25-23(27)21-12-11-19(15-24-21)26-14-13-17-7-3-4-8-18(17)16-26/h3-12,15H,2,13-14,16H2,1H3,(H,25,27). The minimum Gasteiger partial charge on any atom is -0.492 e. The number of pyridine rings is 1. The number of fused-ring (bicyclic) bond motifs is 1. The minimum absolute atomic E-state index is 0.248. The number of carbonyl (C=O) groups excluding carboxylic acids is 1. The van der Waals surface area contributed by atoms with E-state index in [9.17, 15) is 4.79 Å². The van der Waals surface area contributed by atoms with E-state index >= 15 is 0 Å². The number of hydrogen-bond acceptors (Lipinski definition) is 4. The van der Waals surface area contributed by atoms with Crippen LogP contribution in [0.3, 0.4) is 0 Å². The summed E-state index contributed by atoms with van der Waals surface area (Å²) >= 11 is 0. The van der Waals surface area contributed by atoms with Gasteiger partial charge in [-0.1, -0.05) is 36.4 Å². The van der Waals surface area contributed by atoms with Gasteiger partial charge in [0.05, 0.1) is 24.2 Å². The normalized spacial score (nSPS) is 13.0. The number of aromatic nitrogens is 1. The first kappa shape index (κ1) is 18.0. The van der Waals surface area contributed by atoms with Crippen molar-refractivity contribution < 1.29 is 9.53 Å². The summed E-state index contributed by atoms with van der Waals surface area (Å²) in [6, 6.07) is 19.7. The molecule has 0 saturated heterocycles. The maximum Gasteiger partial charge on any atom is 0.274 e. The van der Waals surface area contributed by atoms with Crippen LogP contribution in [0.5, 0.6) is 5.75 Å². The zero-order valence-corrected chi connectivity index (χ0v) is 15.9. The quantitative estimate of drug-likeness (QED) is 0.725. The molecule has 1 aromatic heterocycles. The van der Waals surface area contributed by atoms with E-state index < -0.39 is 0 Å². The number of carbonyl (C=O) groups is 1. The van der Waals surface area contributed by atoms with E-state index in [0.29, 0.717) is 23.7 Å².